The Hall–Kier alpha value is -2.80. The topological polar surface area (TPSA) is 59.4 Å². The van der Waals surface area contributed by atoms with Gasteiger partial charge in [-0.3, -0.25) is 4.79 Å². The van der Waals surface area contributed by atoms with Crippen molar-refractivity contribution in [2.24, 2.45) is 0 Å². The highest BCUT2D eigenvalue weighted by Gasteiger charge is 2.42. The van der Waals surface area contributed by atoms with Crippen LogP contribution in [0, 0.1) is 6.92 Å². The van der Waals surface area contributed by atoms with Crippen molar-refractivity contribution in [1.29, 1.82) is 0 Å². The van der Waals surface area contributed by atoms with Gasteiger partial charge >= 0.3 is 0 Å². The molecule has 1 spiro atoms. The summed E-state index contributed by atoms with van der Waals surface area (Å²) >= 11 is 1.43. The fourth-order valence-electron chi connectivity index (χ4n) is 4.51. The summed E-state index contributed by atoms with van der Waals surface area (Å²) in [5, 5.41) is 3.81. The molecule has 1 aromatic carbocycles. The predicted octanol–water partition coefficient (Wildman–Crippen LogP) is 4.20. The van der Waals surface area contributed by atoms with Gasteiger partial charge in [0.1, 0.15) is 10.6 Å². The Bertz CT molecular complexity index is 1060. The van der Waals surface area contributed by atoms with Gasteiger partial charge in [0.2, 0.25) is 0 Å². The molecule has 150 valence electrons. The molecule has 0 saturated carbocycles. The largest absolute Gasteiger partial charge is 0.494 e. The maximum atomic E-state index is 12.9. The van der Waals surface area contributed by atoms with Crippen LogP contribution in [-0.2, 0) is 5.54 Å². The van der Waals surface area contributed by atoms with E-state index in [1.807, 2.05) is 24.8 Å². The lowest BCUT2D eigenvalue weighted by Crippen LogP contribution is -2.51. The maximum Gasteiger partial charge on any atom is 0.265 e. The molecule has 4 heterocycles. The number of likely N-dealkylation sites (tertiary alicyclic amines) is 1. The van der Waals surface area contributed by atoms with Gasteiger partial charge < -0.3 is 19.5 Å². The lowest BCUT2D eigenvalue weighted by atomic mass is 9.82. The van der Waals surface area contributed by atoms with Crippen molar-refractivity contribution in [3.8, 4) is 11.4 Å². The van der Waals surface area contributed by atoms with Gasteiger partial charge in [0.15, 0.2) is 0 Å². The molecule has 0 atom stereocenters. The molecule has 7 heteroatoms. The SMILES string of the molecule is CCOc1ccc2c(c1)NC1(CCN(C(=O)c3scnc3C)CC1)c1cccn1-2. The second-order valence-corrected chi connectivity index (χ2v) is 8.50. The number of thiazole rings is 1. The highest BCUT2D eigenvalue weighted by Crippen LogP contribution is 2.44. The molecule has 1 saturated heterocycles. The monoisotopic (exact) mass is 408 g/mol. The molecule has 2 aromatic heterocycles. The third-order valence-corrected chi connectivity index (χ3v) is 6.91. The second kappa shape index (κ2) is 6.91. The van der Waals surface area contributed by atoms with Crippen LogP contribution < -0.4 is 10.1 Å². The summed E-state index contributed by atoms with van der Waals surface area (Å²) in [4.78, 5) is 19.9. The Balaban J connectivity index is 1.43. The van der Waals surface area contributed by atoms with Gasteiger partial charge in [-0.1, -0.05) is 0 Å². The number of fused-ring (bicyclic) bond motifs is 4. The number of aryl methyl sites for hydroxylation is 1. The van der Waals surface area contributed by atoms with Crippen LogP contribution in [0.1, 0.15) is 40.8 Å². The van der Waals surface area contributed by atoms with Gasteiger partial charge in [0, 0.05) is 31.0 Å². The molecule has 1 amide bonds. The van der Waals surface area contributed by atoms with Crippen LogP contribution in [0.5, 0.6) is 5.75 Å². The number of hydrogen-bond donors (Lipinski definition) is 1. The standard InChI is InChI=1S/C22H24N4O2S/c1-3-28-16-6-7-18-17(13-16)24-22(19-5-4-10-26(18)19)8-11-25(12-9-22)21(27)20-15(2)23-14-29-20/h4-7,10,13-14,24H,3,8-9,11-12H2,1-2H3. The number of hydrogen-bond acceptors (Lipinski definition) is 5. The summed E-state index contributed by atoms with van der Waals surface area (Å²) < 4.78 is 7.98. The van der Waals surface area contributed by atoms with E-state index in [0.29, 0.717) is 6.61 Å². The number of rotatable bonds is 3. The molecule has 0 bridgehead atoms. The minimum absolute atomic E-state index is 0.102. The van der Waals surface area contributed by atoms with Crippen molar-refractivity contribution >= 4 is 22.9 Å². The minimum Gasteiger partial charge on any atom is -0.494 e. The first-order valence-corrected chi connectivity index (χ1v) is 10.9. The summed E-state index contributed by atoms with van der Waals surface area (Å²) in [5.41, 5.74) is 5.87. The fraction of sp³-hybridized carbons (Fsp3) is 0.364. The molecule has 3 aromatic rings. The van der Waals surface area contributed by atoms with Gasteiger partial charge in [-0.25, -0.2) is 4.98 Å². The van der Waals surface area contributed by atoms with Crippen molar-refractivity contribution in [2.45, 2.75) is 32.2 Å². The Morgan fingerprint density at radius 2 is 2.14 bits per heavy atom. The number of benzene rings is 1. The zero-order valence-electron chi connectivity index (χ0n) is 16.6. The highest BCUT2D eigenvalue weighted by molar-refractivity contribution is 7.11. The fourth-order valence-corrected chi connectivity index (χ4v) is 5.28. The molecule has 0 radical (unpaired) electrons. The maximum absolute atomic E-state index is 12.9. The van der Waals surface area contributed by atoms with Crippen LogP contribution >= 0.6 is 11.3 Å². The first-order valence-electron chi connectivity index (χ1n) is 10.0. The van der Waals surface area contributed by atoms with E-state index >= 15 is 0 Å². The third-order valence-electron chi connectivity index (χ3n) is 6.00. The average Bonchev–Trinajstić information content (AvgIpc) is 3.38. The summed E-state index contributed by atoms with van der Waals surface area (Å²) in [6.45, 7) is 5.98. The highest BCUT2D eigenvalue weighted by atomic mass is 32.1. The normalized spacial score (nSPS) is 16.8. The quantitative estimate of drug-likeness (QED) is 0.706. The summed E-state index contributed by atoms with van der Waals surface area (Å²) in [6, 6.07) is 10.5. The third kappa shape index (κ3) is 2.92. The predicted molar refractivity (Wildman–Crippen MR) is 114 cm³/mol. The van der Waals surface area contributed by atoms with Crippen molar-refractivity contribution in [3.05, 3.63) is 58.3 Å². The van der Waals surface area contributed by atoms with Crippen molar-refractivity contribution in [3.63, 3.8) is 0 Å². The van der Waals surface area contributed by atoms with Crippen LogP contribution in [0.4, 0.5) is 5.69 Å². The number of carbonyl (C=O) groups excluding carboxylic acids is 1. The number of ether oxygens (including phenoxy) is 1. The first kappa shape index (κ1) is 18.2. The van der Waals surface area contributed by atoms with Gasteiger partial charge in [-0.2, -0.15) is 0 Å². The molecule has 5 rings (SSSR count). The number of nitrogens with zero attached hydrogens (tertiary/aromatic N) is 3. The molecule has 6 nitrogen and oxygen atoms in total. The lowest BCUT2D eigenvalue weighted by Gasteiger charge is -2.46. The van der Waals surface area contributed by atoms with Crippen LogP contribution in [0.3, 0.4) is 0 Å². The molecule has 0 aliphatic carbocycles. The van der Waals surface area contributed by atoms with E-state index in [4.69, 9.17) is 4.74 Å². The Morgan fingerprint density at radius 1 is 1.31 bits per heavy atom. The molecule has 2 aliphatic rings. The molecule has 1 fully saturated rings. The van der Waals surface area contributed by atoms with Crippen LogP contribution in [0.25, 0.3) is 5.69 Å². The van der Waals surface area contributed by atoms with Crippen molar-refractivity contribution < 1.29 is 9.53 Å². The van der Waals surface area contributed by atoms with E-state index in [2.05, 4.69) is 45.3 Å². The number of nitrogens with one attached hydrogen (secondary N) is 1. The Morgan fingerprint density at radius 3 is 2.86 bits per heavy atom. The number of carbonyl (C=O) groups is 1. The molecular formula is C22H24N4O2S. The van der Waals surface area contributed by atoms with E-state index in [9.17, 15) is 4.79 Å². The van der Waals surface area contributed by atoms with E-state index in [1.54, 1.807) is 5.51 Å². The zero-order valence-corrected chi connectivity index (χ0v) is 17.5. The molecule has 2 aliphatic heterocycles. The van der Waals surface area contributed by atoms with Gasteiger partial charge in [0.25, 0.3) is 5.91 Å². The summed E-state index contributed by atoms with van der Waals surface area (Å²) in [6.07, 6.45) is 3.84. The molecule has 29 heavy (non-hydrogen) atoms. The summed E-state index contributed by atoms with van der Waals surface area (Å²) in [7, 11) is 0. The Labute approximate surface area is 174 Å². The first-order chi connectivity index (χ1) is 14.1. The zero-order chi connectivity index (χ0) is 20.0. The number of aromatic nitrogens is 2. The lowest BCUT2D eigenvalue weighted by molar-refractivity contribution is 0.0680. The second-order valence-electron chi connectivity index (χ2n) is 7.64. The van der Waals surface area contributed by atoms with E-state index in [0.717, 1.165) is 53.6 Å². The smallest absolute Gasteiger partial charge is 0.265 e. The van der Waals surface area contributed by atoms with Crippen LogP contribution in [0.15, 0.2) is 42.0 Å². The van der Waals surface area contributed by atoms with Crippen LogP contribution in [-0.4, -0.2) is 40.1 Å². The van der Waals surface area contributed by atoms with Crippen LogP contribution in [0.2, 0.25) is 0 Å². The molecular weight excluding hydrogens is 384 g/mol. The number of anilines is 1. The number of amides is 1. The Kier molecular flexibility index (Phi) is 4.35. The average molecular weight is 409 g/mol. The van der Waals surface area contributed by atoms with Gasteiger partial charge in [-0.15, -0.1) is 11.3 Å². The van der Waals surface area contributed by atoms with E-state index in [1.165, 1.54) is 17.0 Å². The molecule has 0 unspecified atom stereocenters. The van der Waals surface area contributed by atoms with E-state index in [-0.39, 0.29) is 11.4 Å². The molecule has 1 N–H and O–H groups in total. The van der Waals surface area contributed by atoms with Gasteiger partial charge in [-0.05, 0) is 51.0 Å². The minimum atomic E-state index is -0.180. The van der Waals surface area contributed by atoms with E-state index < -0.39 is 0 Å². The van der Waals surface area contributed by atoms with Gasteiger partial charge in [0.05, 0.1) is 34.7 Å². The summed E-state index contributed by atoms with van der Waals surface area (Å²) in [5.74, 6) is 0.975. The number of piperidine rings is 1. The van der Waals surface area contributed by atoms with Crippen molar-refractivity contribution in [1.82, 2.24) is 14.5 Å². The van der Waals surface area contributed by atoms with Crippen molar-refractivity contribution in [2.75, 3.05) is 25.0 Å².